The van der Waals surface area contributed by atoms with Gasteiger partial charge in [0.15, 0.2) is 0 Å². The third-order valence-electron chi connectivity index (χ3n) is 3.98. The van der Waals surface area contributed by atoms with Gasteiger partial charge in [-0.05, 0) is 26.1 Å². The van der Waals surface area contributed by atoms with Crippen LogP contribution >= 0.6 is 0 Å². The van der Waals surface area contributed by atoms with E-state index < -0.39 is 0 Å². The van der Waals surface area contributed by atoms with Gasteiger partial charge in [-0.3, -0.25) is 14.7 Å². The van der Waals surface area contributed by atoms with Crippen LogP contribution in [0.5, 0.6) is 0 Å². The smallest absolute Gasteiger partial charge is 0.0521 e. The van der Waals surface area contributed by atoms with Crippen molar-refractivity contribution >= 4 is 0 Å². The number of nitrogens with zero attached hydrogens (tertiary/aromatic N) is 3. The second-order valence-corrected chi connectivity index (χ2v) is 5.17. The standard InChI is InChI=1S/C13H29N3/c1-6-12(4)13-9-15(10-14(5)7-2)11-16(13)8-3/h12-13H,6-11H2,1-5H3. The number of likely N-dealkylation sites (N-methyl/N-ethyl adjacent to an activating group) is 1. The highest BCUT2D eigenvalue weighted by Crippen LogP contribution is 2.21. The molecule has 2 atom stereocenters. The molecule has 1 aliphatic rings. The minimum atomic E-state index is 0.764. The summed E-state index contributed by atoms with van der Waals surface area (Å²) >= 11 is 0. The summed E-state index contributed by atoms with van der Waals surface area (Å²) in [6.07, 6.45) is 1.29. The van der Waals surface area contributed by atoms with E-state index in [-0.39, 0.29) is 0 Å². The molecule has 16 heavy (non-hydrogen) atoms. The first kappa shape index (κ1) is 13.9. The van der Waals surface area contributed by atoms with Crippen molar-refractivity contribution in [3.63, 3.8) is 0 Å². The summed E-state index contributed by atoms with van der Waals surface area (Å²) in [6.45, 7) is 15.0. The van der Waals surface area contributed by atoms with Crippen LogP contribution in [0, 0.1) is 5.92 Å². The summed E-state index contributed by atoms with van der Waals surface area (Å²) < 4.78 is 0. The van der Waals surface area contributed by atoms with Gasteiger partial charge in [-0.1, -0.05) is 34.1 Å². The Hall–Kier alpha value is -0.120. The summed E-state index contributed by atoms with van der Waals surface area (Å²) in [6, 6.07) is 0.764. The van der Waals surface area contributed by atoms with E-state index in [0.717, 1.165) is 31.8 Å². The maximum absolute atomic E-state index is 2.62. The molecule has 0 aromatic heterocycles. The van der Waals surface area contributed by atoms with E-state index in [1.807, 2.05) is 0 Å². The van der Waals surface area contributed by atoms with Gasteiger partial charge >= 0.3 is 0 Å². The lowest BCUT2D eigenvalue weighted by Gasteiger charge is -2.26. The molecule has 0 saturated carbocycles. The first-order valence-corrected chi connectivity index (χ1v) is 6.77. The lowest BCUT2D eigenvalue weighted by Crippen LogP contribution is -2.35. The molecule has 2 unspecified atom stereocenters. The molecule has 0 N–H and O–H groups in total. The van der Waals surface area contributed by atoms with Crippen molar-refractivity contribution in [2.24, 2.45) is 5.92 Å². The van der Waals surface area contributed by atoms with E-state index in [9.17, 15) is 0 Å². The summed E-state index contributed by atoms with van der Waals surface area (Å²) in [4.78, 5) is 7.58. The molecule has 0 aromatic rings. The maximum atomic E-state index is 2.62. The molecule has 3 heteroatoms. The summed E-state index contributed by atoms with van der Waals surface area (Å²) in [7, 11) is 2.20. The molecule has 0 bridgehead atoms. The molecule has 0 aliphatic carbocycles. The predicted octanol–water partition coefficient (Wildman–Crippen LogP) is 1.91. The van der Waals surface area contributed by atoms with Crippen LogP contribution in [0.15, 0.2) is 0 Å². The fraction of sp³-hybridized carbons (Fsp3) is 1.00. The van der Waals surface area contributed by atoms with Gasteiger partial charge < -0.3 is 0 Å². The normalized spacial score (nSPS) is 25.5. The summed E-state index contributed by atoms with van der Waals surface area (Å²) in [5.41, 5.74) is 0. The monoisotopic (exact) mass is 227 g/mol. The molecule has 1 heterocycles. The zero-order chi connectivity index (χ0) is 12.1. The molecule has 3 nitrogen and oxygen atoms in total. The Balaban J connectivity index is 2.49. The Morgan fingerprint density at radius 3 is 2.50 bits per heavy atom. The van der Waals surface area contributed by atoms with Gasteiger partial charge in [0, 0.05) is 12.6 Å². The van der Waals surface area contributed by atoms with Crippen LogP contribution in [0.4, 0.5) is 0 Å². The van der Waals surface area contributed by atoms with Gasteiger partial charge in [0.05, 0.1) is 13.3 Å². The maximum Gasteiger partial charge on any atom is 0.0521 e. The van der Waals surface area contributed by atoms with Crippen molar-refractivity contribution in [1.29, 1.82) is 0 Å². The Morgan fingerprint density at radius 2 is 2.00 bits per heavy atom. The fourth-order valence-corrected chi connectivity index (χ4v) is 2.49. The molecule has 0 amide bonds. The quantitative estimate of drug-likeness (QED) is 0.686. The van der Waals surface area contributed by atoms with Gasteiger partial charge in [-0.2, -0.15) is 0 Å². The predicted molar refractivity (Wildman–Crippen MR) is 70.4 cm³/mol. The van der Waals surface area contributed by atoms with Crippen molar-refractivity contribution in [3.8, 4) is 0 Å². The summed E-state index contributed by atoms with van der Waals surface area (Å²) in [5, 5.41) is 0. The molecule has 0 aromatic carbocycles. The van der Waals surface area contributed by atoms with Crippen molar-refractivity contribution in [1.82, 2.24) is 14.7 Å². The topological polar surface area (TPSA) is 9.72 Å². The molecule has 1 aliphatic heterocycles. The van der Waals surface area contributed by atoms with Crippen molar-refractivity contribution in [3.05, 3.63) is 0 Å². The van der Waals surface area contributed by atoms with Crippen LogP contribution in [-0.2, 0) is 0 Å². The first-order chi connectivity index (χ1) is 7.62. The zero-order valence-corrected chi connectivity index (χ0v) is 11.7. The highest BCUT2D eigenvalue weighted by atomic mass is 15.4. The minimum Gasteiger partial charge on any atom is -0.294 e. The lowest BCUT2D eigenvalue weighted by atomic mass is 9.99. The van der Waals surface area contributed by atoms with Crippen LogP contribution in [-0.4, -0.2) is 60.8 Å². The number of hydrogen-bond donors (Lipinski definition) is 0. The van der Waals surface area contributed by atoms with E-state index in [4.69, 9.17) is 0 Å². The van der Waals surface area contributed by atoms with E-state index in [0.29, 0.717) is 0 Å². The molecule has 0 spiro atoms. The van der Waals surface area contributed by atoms with Crippen LogP contribution in [0.25, 0.3) is 0 Å². The highest BCUT2D eigenvalue weighted by molar-refractivity contribution is 4.85. The number of rotatable bonds is 6. The average Bonchev–Trinajstić information content (AvgIpc) is 2.70. The van der Waals surface area contributed by atoms with Crippen LogP contribution in [0.1, 0.15) is 34.1 Å². The molecular formula is C13H29N3. The van der Waals surface area contributed by atoms with E-state index in [1.165, 1.54) is 19.5 Å². The minimum absolute atomic E-state index is 0.764. The van der Waals surface area contributed by atoms with E-state index >= 15 is 0 Å². The van der Waals surface area contributed by atoms with Gasteiger partial charge in [-0.15, -0.1) is 0 Å². The average molecular weight is 227 g/mol. The Bertz CT molecular complexity index is 196. The largest absolute Gasteiger partial charge is 0.294 e. The molecule has 1 fully saturated rings. The molecule has 1 saturated heterocycles. The molecule has 1 rings (SSSR count). The van der Waals surface area contributed by atoms with Crippen LogP contribution < -0.4 is 0 Å². The third kappa shape index (κ3) is 3.44. The van der Waals surface area contributed by atoms with Crippen molar-refractivity contribution in [2.45, 2.75) is 40.2 Å². The first-order valence-electron chi connectivity index (χ1n) is 6.77. The number of hydrogen-bond acceptors (Lipinski definition) is 3. The fourth-order valence-electron chi connectivity index (χ4n) is 2.49. The Labute approximate surface area is 101 Å². The third-order valence-corrected chi connectivity index (χ3v) is 3.98. The zero-order valence-electron chi connectivity index (χ0n) is 11.7. The van der Waals surface area contributed by atoms with Crippen LogP contribution in [0.3, 0.4) is 0 Å². The lowest BCUT2D eigenvalue weighted by molar-refractivity contribution is 0.157. The Kier molecular flexibility index (Phi) is 5.73. The van der Waals surface area contributed by atoms with Crippen LogP contribution in [0.2, 0.25) is 0 Å². The molecule has 96 valence electrons. The Morgan fingerprint density at radius 1 is 1.31 bits per heavy atom. The second-order valence-electron chi connectivity index (χ2n) is 5.17. The second kappa shape index (κ2) is 6.58. The van der Waals surface area contributed by atoms with E-state index in [1.54, 1.807) is 0 Å². The SMILES string of the molecule is CCC(C)C1CN(CN(C)CC)CN1CC. The van der Waals surface area contributed by atoms with Gasteiger partial charge in [0.25, 0.3) is 0 Å². The van der Waals surface area contributed by atoms with Gasteiger partial charge in [0.1, 0.15) is 0 Å². The van der Waals surface area contributed by atoms with E-state index in [2.05, 4.69) is 49.4 Å². The summed E-state index contributed by atoms with van der Waals surface area (Å²) in [5.74, 6) is 0.817. The van der Waals surface area contributed by atoms with Gasteiger partial charge in [0.2, 0.25) is 0 Å². The van der Waals surface area contributed by atoms with Gasteiger partial charge in [-0.25, -0.2) is 0 Å². The van der Waals surface area contributed by atoms with Crippen molar-refractivity contribution in [2.75, 3.05) is 40.0 Å². The molecular weight excluding hydrogens is 198 g/mol. The van der Waals surface area contributed by atoms with Crippen molar-refractivity contribution < 1.29 is 0 Å². The molecule has 0 radical (unpaired) electrons. The highest BCUT2D eigenvalue weighted by Gasteiger charge is 2.32.